The molecule has 1 aliphatic rings. The fraction of sp³-hybridized carbons (Fsp3) is 1.00. The van der Waals surface area contributed by atoms with E-state index in [0.717, 1.165) is 6.61 Å². The first kappa shape index (κ1) is 9.01. The minimum absolute atomic E-state index is 0.122. The molecule has 0 aromatic rings. The SMILES string of the molecule is CCCCCCOC1OC1C. The van der Waals surface area contributed by atoms with Crippen LogP contribution in [0.4, 0.5) is 0 Å². The van der Waals surface area contributed by atoms with Gasteiger partial charge in [-0.05, 0) is 13.3 Å². The molecule has 1 heterocycles. The lowest BCUT2D eigenvalue weighted by atomic mass is 10.2. The maximum Gasteiger partial charge on any atom is 0.184 e. The van der Waals surface area contributed by atoms with E-state index in [1.165, 1.54) is 25.7 Å². The fourth-order valence-electron chi connectivity index (χ4n) is 1.07. The van der Waals surface area contributed by atoms with Gasteiger partial charge < -0.3 is 9.47 Å². The smallest absolute Gasteiger partial charge is 0.184 e. The van der Waals surface area contributed by atoms with Crippen molar-refractivity contribution in [1.29, 1.82) is 0 Å². The first-order valence-electron chi connectivity index (χ1n) is 4.61. The van der Waals surface area contributed by atoms with Crippen molar-refractivity contribution in [2.24, 2.45) is 0 Å². The lowest BCUT2D eigenvalue weighted by Crippen LogP contribution is -1.99. The summed E-state index contributed by atoms with van der Waals surface area (Å²) < 4.78 is 10.5. The highest BCUT2D eigenvalue weighted by Gasteiger charge is 2.34. The van der Waals surface area contributed by atoms with E-state index in [0.29, 0.717) is 6.10 Å². The quantitative estimate of drug-likeness (QED) is 0.437. The second kappa shape index (κ2) is 4.73. The van der Waals surface area contributed by atoms with E-state index >= 15 is 0 Å². The molecular formula is C9H18O2. The van der Waals surface area contributed by atoms with Crippen LogP contribution in [0.1, 0.15) is 39.5 Å². The molecule has 11 heavy (non-hydrogen) atoms. The molecule has 0 spiro atoms. The maximum atomic E-state index is 5.39. The van der Waals surface area contributed by atoms with Gasteiger partial charge in [-0.3, -0.25) is 0 Å². The zero-order valence-corrected chi connectivity index (χ0v) is 7.51. The molecule has 2 atom stereocenters. The van der Waals surface area contributed by atoms with Gasteiger partial charge in [-0.1, -0.05) is 26.2 Å². The average molecular weight is 158 g/mol. The Kier molecular flexibility index (Phi) is 3.87. The predicted molar refractivity (Wildman–Crippen MR) is 44.4 cm³/mol. The van der Waals surface area contributed by atoms with Crippen LogP contribution in [0.5, 0.6) is 0 Å². The fourth-order valence-corrected chi connectivity index (χ4v) is 1.07. The van der Waals surface area contributed by atoms with E-state index in [1.807, 2.05) is 6.92 Å². The molecule has 2 nitrogen and oxygen atoms in total. The molecule has 2 heteroatoms. The van der Waals surface area contributed by atoms with Crippen LogP contribution in [0, 0.1) is 0 Å². The molecular weight excluding hydrogens is 140 g/mol. The average Bonchev–Trinajstić information content (AvgIpc) is 2.67. The minimum Gasteiger partial charge on any atom is -0.350 e. The summed E-state index contributed by atoms with van der Waals surface area (Å²) in [6.07, 6.45) is 5.55. The maximum absolute atomic E-state index is 5.39. The van der Waals surface area contributed by atoms with Crippen molar-refractivity contribution < 1.29 is 9.47 Å². The van der Waals surface area contributed by atoms with Crippen LogP contribution in [0.15, 0.2) is 0 Å². The van der Waals surface area contributed by atoms with Crippen molar-refractivity contribution in [2.45, 2.75) is 51.9 Å². The molecule has 0 radical (unpaired) electrons. The second-order valence-electron chi connectivity index (χ2n) is 3.14. The van der Waals surface area contributed by atoms with Gasteiger partial charge in [0.1, 0.15) is 6.10 Å². The van der Waals surface area contributed by atoms with Crippen LogP contribution in [-0.2, 0) is 9.47 Å². The van der Waals surface area contributed by atoms with Gasteiger partial charge in [0.15, 0.2) is 6.29 Å². The van der Waals surface area contributed by atoms with Gasteiger partial charge in [0.05, 0.1) is 0 Å². The van der Waals surface area contributed by atoms with Crippen LogP contribution in [0.25, 0.3) is 0 Å². The third kappa shape index (κ3) is 3.73. The van der Waals surface area contributed by atoms with E-state index in [9.17, 15) is 0 Å². The highest BCUT2D eigenvalue weighted by Crippen LogP contribution is 2.22. The van der Waals surface area contributed by atoms with Gasteiger partial charge in [-0.2, -0.15) is 0 Å². The van der Waals surface area contributed by atoms with E-state index < -0.39 is 0 Å². The van der Waals surface area contributed by atoms with Crippen molar-refractivity contribution in [3.8, 4) is 0 Å². The molecule has 66 valence electrons. The first-order chi connectivity index (χ1) is 5.34. The Labute approximate surface area is 68.9 Å². The normalized spacial score (nSPS) is 28.9. The molecule has 0 aromatic carbocycles. The number of hydrogen-bond donors (Lipinski definition) is 0. The standard InChI is InChI=1S/C9H18O2/c1-3-4-5-6-7-10-9-8(2)11-9/h8-9H,3-7H2,1-2H3. The van der Waals surface area contributed by atoms with E-state index in [-0.39, 0.29) is 6.29 Å². The largest absolute Gasteiger partial charge is 0.350 e. The monoisotopic (exact) mass is 158 g/mol. The van der Waals surface area contributed by atoms with Gasteiger partial charge in [-0.15, -0.1) is 0 Å². The van der Waals surface area contributed by atoms with Crippen LogP contribution < -0.4 is 0 Å². The van der Waals surface area contributed by atoms with Crippen LogP contribution in [0.3, 0.4) is 0 Å². The number of unbranched alkanes of at least 4 members (excludes halogenated alkanes) is 3. The molecule has 1 aliphatic heterocycles. The minimum atomic E-state index is 0.122. The zero-order chi connectivity index (χ0) is 8.10. The van der Waals surface area contributed by atoms with Gasteiger partial charge in [0, 0.05) is 6.61 Å². The second-order valence-corrected chi connectivity index (χ2v) is 3.14. The van der Waals surface area contributed by atoms with Crippen molar-refractivity contribution in [3.05, 3.63) is 0 Å². The molecule has 2 unspecified atom stereocenters. The van der Waals surface area contributed by atoms with Crippen molar-refractivity contribution in [1.82, 2.24) is 0 Å². The summed E-state index contributed by atoms with van der Waals surface area (Å²) >= 11 is 0. The summed E-state index contributed by atoms with van der Waals surface area (Å²) in [6, 6.07) is 0. The first-order valence-corrected chi connectivity index (χ1v) is 4.61. The topological polar surface area (TPSA) is 21.8 Å². The number of epoxide rings is 1. The Morgan fingerprint density at radius 2 is 2.00 bits per heavy atom. The van der Waals surface area contributed by atoms with Crippen LogP contribution in [-0.4, -0.2) is 19.0 Å². The van der Waals surface area contributed by atoms with Gasteiger partial charge in [0.25, 0.3) is 0 Å². The van der Waals surface area contributed by atoms with E-state index in [4.69, 9.17) is 9.47 Å². The lowest BCUT2D eigenvalue weighted by molar-refractivity contribution is 0.0479. The zero-order valence-electron chi connectivity index (χ0n) is 7.51. The molecule has 0 N–H and O–H groups in total. The third-order valence-corrected chi connectivity index (χ3v) is 1.94. The van der Waals surface area contributed by atoms with Gasteiger partial charge in [0.2, 0.25) is 0 Å². The Morgan fingerprint density at radius 3 is 2.55 bits per heavy atom. The molecule has 1 rings (SSSR count). The summed E-state index contributed by atoms with van der Waals surface area (Å²) in [5, 5.41) is 0. The number of rotatable bonds is 6. The molecule has 1 saturated heterocycles. The van der Waals surface area contributed by atoms with Gasteiger partial charge in [-0.25, -0.2) is 0 Å². The summed E-state index contributed by atoms with van der Waals surface area (Å²) in [6.45, 7) is 5.12. The van der Waals surface area contributed by atoms with Crippen molar-refractivity contribution in [2.75, 3.05) is 6.61 Å². The Bertz CT molecular complexity index is 104. The molecule has 0 saturated carbocycles. The lowest BCUT2D eigenvalue weighted by Gasteiger charge is -1.98. The van der Waals surface area contributed by atoms with E-state index in [2.05, 4.69) is 6.92 Å². The van der Waals surface area contributed by atoms with Gasteiger partial charge >= 0.3 is 0 Å². The van der Waals surface area contributed by atoms with Crippen molar-refractivity contribution >= 4 is 0 Å². The Hall–Kier alpha value is -0.0800. The Morgan fingerprint density at radius 1 is 1.27 bits per heavy atom. The molecule has 0 bridgehead atoms. The molecule has 1 fully saturated rings. The van der Waals surface area contributed by atoms with Crippen LogP contribution >= 0.6 is 0 Å². The molecule has 0 aromatic heterocycles. The Balaban J connectivity index is 1.74. The third-order valence-electron chi connectivity index (χ3n) is 1.94. The predicted octanol–water partition coefficient (Wildman–Crippen LogP) is 2.33. The van der Waals surface area contributed by atoms with Crippen LogP contribution in [0.2, 0.25) is 0 Å². The highest BCUT2D eigenvalue weighted by molar-refractivity contribution is 4.69. The molecule has 0 amide bonds. The summed E-state index contributed by atoms with van der Waals surface area (Å²) in [5.74, 6) is 0. The molecule has 0 aliphatic carbocycles. The summed E-state index contributed by atoms with van der Waals surface area (Å²) in [4.78, 5) is 0. The summed E-state index contributed by atoms with van der Waals surface area (Å²) in [7, 11) is 0. The summed E-state index contributed by atoms with van der Waals surface area (Å²) in [5.41, 5.74) is 0. The van der Waals surface area contributed by atoms with E-state index in [1.54, 1.807) is 0 Å². The highest BCUT2D eigenvalue weighted by atomic mass is 16.8. The van der Waals surface area contributed by atoms with Crippen molar-refractivity contribution in [3.63, 3.8) is 0 Å². The number of ether oxygens (including phenoxy) is 2. The number of hydrogen-bond acceptors (Lipinski definition) is 2.